The second kappa shape index (κ2) is 5.56. The normalized spacial score (nSPS) is 12.9. The minimum absolute atomic E-state index is 0.391. The predicted octanol–water partition coefficient (Wildman–Crippen LogP) is 2.12. The van der Waals surface area contributed by atoms with Crippen LogP contribution in [-0.2, 0) is 6.42 Å². The zero-order valence-corrected chi connectivity index (χ0v) is 9.44. The highest BCUT2D eigenvalue weighted by Gasteiger charge is 2.05. The third-order valence-electron chi connectivity index (χ3n) is 1.90. The molecule has 4 heteroatoms. The van der Waals surface area contributed by atoms with Gasteiger partial charge in [0, 0.05) is 6.54 Å². The van der Waals surface area contributed by atoms with Gasteiger partial charge in [0.05, 0.1) is 16.1 Å². The number of hydrogen-bond donors (Lipinski definition) is 2. The molecule has 0 spiro atoms. The molecule has 1 atom stereocenters. The minimum atomic E-state index is -0.391. The van der Waals surface area contributed by atoms with Crippen LogP contribution in [0.1, 0.15) is 5.56 Å². The molecule has 0 bridgehead atoms. The number of halogens is 2. The predicted molar refractivity (Wildman–Crippen MR) is 60.1 cm³/mol. The average molecular weight is 234 g/mol. The molecule has 2 N–H and O–H groups in total. The maximum atomic E-state index is 9.52. The van der Waals surface area contributed by atoms with Crippen molar-refractivity contribution in [3.8, 4) is 0 Å². The molecule has 0 saturated carbocycles. The average Bonchev–Trinajstić information content (AvgIpc) is 2.12. The summed E-state index contributed by atoms with van der Waals surface area (Å²) < 4.78 is 0. The first-order valence-electron chi connectivity index (χ1n) is 4.40. The Labute approximate surface area is 93.8 Å². The molecule has 2 nitrogen and oxygen atoms in total. The molecule has 0 amide bonds. The molecule has 0 saturated heterocycles. The van der Waals surface area contributed by atoms with Gasteiger partial charge in [-0.1, -0.05) is 29.3 Å². The van der Waals surface area contributed by atoms with Crippen LogP contribution < -0.4 is 5.32 Å². The molecule has 0 aliphatic rings. The van der Waals surface area contributed by atoms with Crippen molar-refractivity contribution in [2.75, 3.05) is 13.6 Å². The second-order valence-corrected chi connectivity index (χ2v) is 3.98. The molecule has 78 valence electrons. The highest BCUT2D eigenvalue weighted by molar-refractivity contribution is 6.42. The lowest BCUT2D eigenvalue weighted by molar-refractivity contribution is 0.175. The molecule has 0 fully saturated rings. The Morgan fingerprint density at radius 3 is 2.64 bits per heavy atom. The smallest absolute Gasteiger partial charge is 0.0704 e. The topological polar surface area (TPSA) is 32.3 Å². The van der Waals surface area contributed by atoms with Gasteiger partial charge < -0.3 is 10.4 Å². The van der Waals surface area contributed by atoms with Crippen LogP contribution in [0.2, 0.25) is 10.0 Å². The summed E-state index contributed by atoms with van der Waals surface area (Å²) >= 11 is 11.6. The van der Waals surface area contributed by atoms with Crippen LogP contribution in [-0.4, -0.2) is 24.8 Å². The number of likely N-dealkylation sites (N-methyl/N-ethyl adjacent to an activating group) is 1. The van der Waals surface area contributed by atoms with Gasteiger partial charge in [-0.2, -0.15) is 0 Å². The summed E-state index contributed by atoms with van der Waals surface area (Å²) in [4.78, 5) is 0. The molecule has 1 aromatic rings. The van der Waals surface area contributed by atoms with E-state index in [9.17, 15) is 5.11 Å². The molecule has 1 unspecified atom stereocenters. The zero-order valence-electron chi connectivity index (χ0n) is 7.93. The van der Waals surface area contributed by atoms with Gasteiger partial charge in [-0.15, -0.1) is 0 Å². The van der Waals surface area contributed by atoms with E-state index < -0.39 is 6.10 Å². The largest absolute Gasteiger partial charge is 0.391 e. The van der Waals surface area contributed by atoms with Crippen LogP contribution in [0.15, 0.2) is 18.2 Å². The summed E-state index contributed by atoms with van der Waals surface area (Å²) in [6, 6.07) is 5.39. The van der Waals surface area contributed by atoms with E-state index in [2.05, 4.69) is 5.32 Å². The quantitative estimate of drug-likeness (QED) is 0.836. The van der Waals surface area contributed by atoms with Crippen LogP contribution >= 0.6 is 23.2 Å². The van der Waals surface area contributed by atoms with E-state index in [-0.39, 0.29) is 0 Å². The van der Waals surface area contributed by atoms with Crippen molar-refractivity contribution in [2.45, 2.75) is 12.5 Å². The summed E-state index contributed by atoms with van der Waals surface area (Å²) in [7, 11) is 1.80. The third kappa shape index (κ3) is 3.46. The number of aliphatic hydroxyl groups excluding tert-OH is 1. The first-order chi connectivity index (χ1) is 6.63. The molecule has 0 aromatic heterocycles. The molecular weight excluding hydrogens is 221 g/mol. The number of rotatable bonds is 4. The van der Waals surface area contributed by atoms with Crippen LogP contribution in [0, 0.1) is 0 Å². The summed E-state index contributed by atoms with van der Waals surface area (Å²) in [5.74, 6) is 0. The third-order valence-corrected chi connectivity index (χ3v) is 2.63. The summed E-state index contributed by atoms with van der Waals surface area (Å²) in [5.41, 5.74) is 0.988. The molecular formula is C10H13Cl2NO. The standard InChI is InChI=1S/C10H13Cl2NO/c1-13-6-8(14)4-7-2-3-9(11)10(12)5-7/h2-3,5,8,13-14H,4,6H2,1H3. The van der Waals surface area contributed by atoms with Gasteiger partial charge >= 0.3 is 0 Å². The van der Waals surface area contributed by atoms with E-state index in [1.54, 1.807) is 19.2 Å². The van der Waals surface area contributed by atoms with Gasteiger partial charge in [0.2, 0.25) is 0 Å². The Morgan fingerprint density at radius 2 is 2.07 bits per heavy atom. The van der Waals surface area contributed by atoms with Crippen LogP contribution in [0.5, 0.6) is 0 Å². The Bertz CT molecular complexity index is 304. The Kier molecular flexibility index (Phi) is 4.69. The summed E-state index contributed by atoms with van der Waals surface area (Å²) in [5, 5.41) is 13.5. The van der Waals surface area contributed by atoms with E-state index in [1.807, 2.05) is 6.07 Å². The van der Waals surface area contributed by atoms with Crippen molar-refractivity contribution < 1.29 is 5.11 Å². The van der Waals surface area contributed by atoms with Crippen molar-refractivity contribution in [2.24, 2.45) is 0 Å². The van der Waals surface area contributed by atoms with Crippen molar-refractivity contribution >= 4 is 23.2 Å². The fourth-order valence-corrected chi connectivity index (χ4v) is 1.57. The van der Waals surface area contributed by atoms with Gasteiger partial charge in [0.15, 0.2) is 0 Å². The maximum absolute atomic E-state index is 9.52. The van der Waals surface area contributed by atoms with Gasteiger partial charge in [0.25, 0.3) is 0 Å². The molecule has 14 heavy (non-hydrogen) atoms. The lowest BCUT2D eigenvalue weighted by Crippen LogP contribution is -2.25. The van der Waals surface area contributed by atoms with E-state index in [4.69, 9.17) is 23.2 Å². The zero-order chi connectivity index (χ0) is 10.6. The van der Waals surface area contributed by atoms with Crippen LogP contribution in [0.25, 0.3) is 0 Å². The molecule has 0 heterocycles. The van der Waals surface area contributed by atoms with Gasteiger partial charge in [-0.3, -0.25) is 0 Å². The van der Waals surface area contributed by atoms with Crippen molar-refractivity contribution in [3.05, 3.63) is 33.8 Å². The number of aliphatic hydroxyl groups is 1. The lowest BCUT2D eigenvalue weighted by Gasteiger charge is -2.10. The Balaban J connectivity index is 2.63. The molecule has 1 rings (SSSR count). The molecule has 0 aliphatic heterocycles. The highest BCUT2D eigenvalue weighted by atomic mass is 35.5. The summed E-state index contributed by atoms with van der Waals surface area (Å²) in [6.45, 7) is 0.570. The monoisotopic (exact) mass is 233 g/mol. The molecule has 1 aromatic carbocycles. The van der Waals surface area contributed by atoms with Crippen LogP contribution in [0.4, 0.5) is 0 Å². The SMILES string of the molecule is CNCC(O)Cc1ccc(Cl)c(Cl)c1. The molecule has 0 aliphatic carbocycles. The highest BCUT2D eigenvalue weighted by Crippen LogP contribution is 2.23. The molecule has 0 radical (unpaired) electrons. The summed E-state index contributed by atoms with van der Waals surface area (Å²) in [6.07, 6.45) is 0.190. The number of nitrogens with one attached hydrogen (secondary N) is 1. The van der Waals surface area contributed by atoms with Crippen molar-refractivity contribution in [3.63, 3.8) is 0 Å². The van der Waals surface area contributed by atoms with Gasteiger partial charge in [-0.05, 0) is 31.2 Å². The number of benzene rings is 1. The van der Waals surface area contributed by atoms with Crippen LogP contribution in [0.3, 0.4) is 0 Å². The van der Waals surface area contributed by atoms with Gasteiger partial charge in [0.1, 0.15) is 0 Å². The maximum Gasteiger partial charge on any atom is 0.0704 e. The lowest BCUT2D eigenvalue weighted by atomic mass is 10.1. The van der Waals surface area contributed by atoms with E-state index in [1.165, 1.54) is 0 Å². The second-order valence-electron chi connectivity index (χ2n) is 3.16. The van der Waals surface area contributed by atoms with Crippen molar-refractivity contribution in [1.82, 2.24) is 5.32 Å². The Morgan fingerprint density at radius 1 is 1.36 bits per heavy atom. The Hall–Kier alpha value is -0.280. The fourth-order valence-electron chi connectivity index (χ4n) is 1.25. The van der Waals surface area contributed by atoms with E-state index >= 15 is 0 Å². The first-order valence-corrected chi connectivity index (χ1v) is 5.15. The van der Waals surface area contributed by atoms with Gasteiger partial charge in [-0.25, -0.2) is 0 Å². The van der Waals surface area contributed by atoms with E-state index in [0.29, 0.717) is 23.0 Å². The minimum Gasteiger partial charge on any atom is -0.391 e. The van der Waals surface area contributed by atoms with E-state index in [0.717, 1.165) is 5.56 Å². The van der Waals surface area contributed by atoms with Crippen molar-refractivity contribution in [1.29, 1.82) is 0 Å². The number of hydrogen-bond acceptors (Lipinski definition) is 2. The first kappa shape index (κ1) is 11.8. The fraction of sp³-hybridized carbons (Fsp3) is 0.400.